The fourth-order valence-corrected chi connectivity index (χ4v) is 2.64. The molecule has 1 aromatic carbocycles. The monoisotopic (exact) mass is 275 g/mol. The van der Waals surface area contributed by atoms with Crippen LogP contribution in [0.4, 0.5) is 0 Å². The predicted octanol–water partition coefficient (Wildman–Crippen LogP) is 1.16. The summed E-state index contributed by atoms with van der Waals surface area (Å²) in [5.74, 6) is 0.139. The maximum absolute atomic E-state index is 12.1. The van der Waals surface area contributed by atoms with E-state index in [2.05, 4.69) is 39.8 Å². The molecular formula is C16H25N3O. The van der Waals surface area contributed by atoms with E-state index in [1.54, 1.807) is 0 Å². The molecule has 2 N–H and O–H groups in total. The first-order chi connectivity index (χ1) is 9.72. The number of fused-ring (bicyclic) bond motifs is 1. The molecule has 0 aliphatic carbocycles. The Bertz CT molecular complexity index is 447. The molecule has 1 heterocycles. The van der Waals surface area contributed by atoms with E-state index in [0.29, 0.717) is 0 Å². The molecule has 4 heteroatoms. The van der Waals surface area contributed by atoms with Crippen molar-refractivity contribution in [3.8, 4) is 0 Å². The summed E-state index contributed by atoms with van der Waals surface area (Å²) < 4.78 is 0. The van der Waals surface area contributed by atoms with E-state index in [-0.39, 0.29) is 11.9 Å². The van der Waals surface area contributed by atoms with Gasteiger partial charge in [-0.3, -0.25) is 9.69 Å². The zero-order valence-electron chi connectivity index (χ0n) is 12.5. The highest BCUT2D eigenvalue weighted by Gasteiger charge is 2.24. The molecule has 1 unspecified atom stereocenters. The van der Waals surface area contributed by atoms with Gasteiger partial charge in [0.05, 0.1) is 6.04 Å². The van der Waals surface area contributed by atoms with Gasteiger partial charge >= 0.3 is 0 Å². The quantitative estimate of drug-likeness (QED) is 0.766. The van der Waals surface area contributed by atoms with Crippen LogP contribution in [0.1, 0.15) is 24.5 Å². The minimum atomic E-state index is -0.0575. The van der Waals surface area contributed by atoms with E-state index >= 15 is 0 Å². The van der Waals surface area contributed by atoms with Crippen LogP contribution in [-0.4, -0.2) is 43.5 Å². The lowest BCUT2D eigenvalue weighted by atomic mass is 9.99. The second-order valence-electron chi connectivity index (χ2n) is 5.41. The Labute approximate surface area is 121 Å². The molecule has 110 valence electrons. The Hall–Kier alpha value is -1.39. The van der Waals surface area contributed by atoms with Gasteiger partial charge in [0.2, 0.25) is 5.91 Å². The van der Waals surface area contributed by atoms with Gasteiger partial charge in [-0.15, -0.1) is 0 Å². The van der Waals surface area contributed by atoms with E-state index in [1.165, 1.54) is 11.1 Å². The highest BCUT2D eigenvalue weighted by atomic mass is 16.2. The molecular weight excluding hydrogens is 250 g/mol. The summed E-state index contributed by atoms with van der Waals surface area (Å²) in [6, 6.07) is 8.46. The third-order valence-electron chi connectivity index (χ3n) is 3.99. The van der Waals surface area contributed by atoms with Crippen LogP contribution in [0.2, 0.25) is 0 Å². The van der Waals surface area contributed by atoms with Gasteiger partial charge in [-0.2, -0.15) is 0 Å². The van der Waals surface area contributed by atoms with E-state index in [4.69, 9.17) is 0 Å². The van der Waals surface area contributed by atoms with Crippen molar-refractivity contribution in [3.63, 3.8) is 0 Å². The molecule has 1 aromatic rings. The normalized spacial score (nSPS) is 16.5. The number of carbonyl (C=O) groups excluding carboxylic acids is 1. The first-order valence-electron chi connectivity index (χ1n) is 7.45. The van der Waals surface area contributed by atoms with Crippen LogP contribution < -0.4 is 10.6 Å². The lowest BCUT2D eigenvalue weighted by Crippen LogP contribution is -2.47. The molecule has 0 fully saturated rings. The lowest BCUT2D eigenvalue weighted by molar-refractivity contribution is -0.126. The summed E-state index contributed by atoms with van der Waals surface area (Å²) >= 11 is 0. The zero-order chi connectivity index (χ0) is 14.4. The van der Waals surface area contributed by atoms with Crippen molar-refractivity contribution in [1.29, 1.82) is 0 Å². The van der Waals surface area contributed by atoms with Crippen LogP contribution in [0.25, 0.3) is 0 Å². The number of nitrogens with zero attached hydrogens (tertiary/aromatic N) is 1. The summed E-state index contributed by atoms with van der Waals surface area (Å²) in [4.78, 5) is 14.4. The molecule has 1 atom stereocenters. The van der Waals surface area contributed by atoms with E-state index in [0.717, 1.165) is 39.0 Å². The van der Waals surface area contributed by atoms with Crippen molar-refractivity contribution in [2.45, 2.75) is 32.4 Å². The number of hydrogen-bond donors (Lipinski definition) is 2. The molecule has 2 rings (SSSR count). The van der Waals surface area contributed by atoms with Gasteiger partial charge in [-0.25, -0.2) is 0 Å². The van der Waals surface area contributed by atoms with E-state index < -0.39 is 0 Å². The molecule has 0 saturated carbocycles. The molecule has 1 amide bonds. The first-order valence-corrected chi connectivity index (χ1v) is 7.45. The van der Waals surface area contributed by atoms with Crippen molar-refractivity contribution in [2.75, 3.05) is 26.7 Å². The fourth-order valence-electron chi connectivity index (χ4n) is 2.64. The molecule has 1 aliphatic heterocycles. The maximum Gasteiger partial charge on any atom is 0.237 e. The van der Waals surface area contributed by atoms with Crippen molar-refractivity contribution < 1.29 is 4.79 Å². The zero-order valence-corrected chi connectivity index (χ0v) is 12.5. The number of nitrogens with one attached hydrogen (secondary N) is 2. The molecule has 20 heavy (non-hydrogen) atoms. The first kappa shape index (κ1) is 15.0. The lowest BCUT2D eigenvalue weighted by Gasteiger charge is -2.32. The SMILES string of the molecule is CNCCCNC(=O)C(C)N1CCc2ccccc2C1. The Kier molecular flexibility index (Phi) is 5.56. The van der Waals surface area contributed by atoms with Crippen molar-refractivity contribution in [1.82, 2.24) is 15.5 Å². The number of carbonyl (C=O) groups is 1. The molecule has 0 bridgehead atoms. The summed E-state index contributed by atoms with van der Waals surface area (Å²) in [7, 11) is 1.93. The summed E-state index contributed by atoms with van der Waals surface area (Å²) in [5.41, 5.74) is 2.78. The minimum Gasteiger partial charge on any atom is -0.355 e. The number of amides is 1. The average molecular weight is 275 g/mol. The third kappa shape index (κ3) is 3.81. The minimum absolute atomic E-state index is 0.0575. The second kappa shape index (κ2) is 7.41. The standard InChI is InChI=1S/C16H25N3O/c1-13(16(20)18-10-5-9-17-2)19-11-8-14-6-3-4-7-15(14)12-19/h3-4,6-7,13,17H,5,8-12H2,1-2H3,(H,18,20). The Balaban J connectivity index is 1.84. The summed E-state index contributed by atoms with van der Waals surface area (Å²) in [6.45, 7) is 5.52. The Morgan fingerprint density at radius 3 is 2.80 bits per heavy atom. The van der Waals surface area contributed by atoms with Crippen molar-refractivity contribution in [3.05, 3.63) is 35.4 Å². The molecule has 1 aliphatic rings. The van der Waals surface area contributed by atoms with Crippen LogP contribution in [0.3, 0.4) is 0 Å². The highest BCUT2D eigenvalue weighted by molar-refractivity contribution is 5.81. The largest absolute Gasteiger partial charge is 0.355 e. The average Bonchev–Trinajstić information content (AvgIpc) is 2.50. The van der Waals surface area contributed by atoms with Crippen molar-refractivity contribution in [2.24, 2.45) is 0 Å². The van der Waals surface area contributed by atoms with Gasteiger partial charge in [0.15, 0.2) is 0 Å². The number of benzene rings is 1. The van der Waals surface area contributed by atoms with Gasteiger partial charge in [-0.1, -0.05) is 24.3 Å². The highest BCUT2D eigenvalue weighted by Crippen LogP contribution is 2.20. The number of rotatable bonds is 6. The third-order valence-corrected chi connectivity index (χ3v) is 3.99. The predicted molar refractivity (Wildman–Crippen MR) is 81.6 cm³/mol. The van der Waals surface area contributed by atoms with Crippen LogP contribution in [0.15, 0.2) is 24.3 Å². The maximum atomic E-state index is 12.1. The van der Waals surface area contributed by atoms with Gasteiger partial charge in [0.25, 0.3) is 0 Å². The Morgan fingerprint density at radius 2 is 2.05 bits per heavy atom. The van der Waals surface area contributed by atoms with Gasteiger partial charge in [0, 0.05) is 19.6 Å². The van der Waals surface area contributed by atoms with Gasteiger partial charge in [0.1, 0.15) is 0 Å². The van der Waals surface area contributed by atoms with Crippen LogP contribution in [0.5, 0.6) is 0 Å². The molecule has 4 nitrogen and oxygen atoms in total. The van der Waals surface area contributed by atoms with E-state index in [1.807, 2.05) is 14.0 Å². The van der Waals surface area contributed by atoms with Crippen LogP contribution >= 0.6 is 0 Å². The topological polar surface area (TPSA) is 44.4 Å². The molecule has 0 radical (unpaired) electrons. The molecule has 0 saturated heterocycles. The molecule has 0 spiro atoms. The number of hydrogen-bond acceptors (Lipinski definition) is 3. The van der Waals surface area contributed by atoms with Crippen LogP contribution in [-0.2, 0) is 17.8 Å². The second-order valence-corrected chi connectivity index (χ2v) is 5.41. The summed E-state index contributed by atoms with van der Waals surface area (Å²) in [6.07, 6.45) is 2.01. The Morgan fingerprint density at radius 1 is 1.30 bits per heavy atom. The molecule has 0 aromatic heterocycles. The van der Waals surface area contributed by atoms with Crippen molar-refractivity contribution >= 4 is 5.91 Å². The summed E-state index contributed by atoms with van der Waals surface area (Å²) in [5, 5.41) is 6.10. The van der Waals surface area contributed by atoms with Gasteiger partial charge in [-0.05, 0) is 44.5 Å². The smallest absolute Gasteiger partial charge is 0.237 e. The van der Waals surface area contributed by atoms with Crippen LogP contribution in [0, 0.1) is 0 Å². The van der Waals surface area contributed by atoms with E-state index in [9.17, 15) is 4.79 Å². The fraction of sp³-hybridized carbons (Fsp3) is 0.562. The van der Waals surface area contributed by atoms with Gasteiger partial charge < -0.3 is 10.6 Å².